The average Bonchev–Trinajstić information content (AvgIpc) is 3.54. The number of urea groups is 1. The molecule has 4 N–H and O–H groups in total. The molecule has 6 rings (SSSR count). The zero-order valence-electron chi connectivity index (χ0n) is 22.1. The van der Waals surface area contributed by atoms with Crippen LogP contribution in [0.15, 0.2) is 64.6 Å². The summed E-state index contributed by atoms with van der Waals surface area (Å²) < 4.78 is 1.46. The first kappa shape index (κ1) is 26.3. The van der Waals surface area contributed by atoms with Gasteiger partial charge in [-0.1, -0.05) is 24.4 Å². The average molecular weight is 562 g/mol. The van der Waals surface area contributed by atoms with Crippen molar-refractivity contribution in [3.63, 3.8) is 0 Å². The Morgan fingerprint density at radius 2 is 1.93 bits per heavy atom. The lowest BCUT2D eigenvalue weighted by molar-refractivity contribution is -0.119. The predicted molar refractivity (Wildman–Crippen MR) is 152 cm³/mol. The summed E-state index contributed by atoms with van der Waals surface area (Å²) >= 11 is 1.44. The Labute approximate surface area is 235 Å². The molecule has 4 amide bonds. The Hall–Kier alpha value is -3.90. The molecule has 4 aliphatic rings. The third-order valence-electron chi connectivity index (χ3n) is 8.06. The van der Waals surface area contributed by atoms with Crippen LogP contribution in [0.2, 0.25) is 0 Å². The smallest absolute Gasteiger partial charge is 0.326 e. The SMILES string of the molecule is C=CC(=O)N[C@H]1CCC[C@H]1NC(=O)C1=C2NC(=O)N(c3ccc(-n4ccccc4=O)nc3C)C3CCNC(S1)C23. The van der Waals surface area contributed by atoms with Gasteiger partial charge in [0.15, 0.2) is 0 Å². The van der Waals surface area contributed by atoms with Crippen molar-refractivity contribution in [2.75, 3.05) is 11.4 Å². The van der Waals surface area contributed by atoms with Gasteiger partial charge >= 0.3 is 6.03 Å². The van der Waals surface area contributed by atoms with E-state index in [9.17, 15) is 19.2 Å². The predicted octanol–water partition coefficient (Wildman–Crippen LogP) is 1.67. The van der Waals surface area contributed by atoms with Gasteiger partial charge in [0.05, 0.1) is 27.7 Å². The van der Waals surface area contributed by atoms with E-state index in [1.54, 1.807) is 29.3 Å². The van der Waals surface area contributed by atoms with Crippen molar-refractivity contribution >= 4 is 35.3 Å². The van der Waals surface area contributed by atoms with Gasteiger partial charge in [-0.15, -0.1) is 0 Å². The number of piperidine rings is 1. The van der Waals surface area contributed by atoms with Gasteiger partial charge in [0.25, 0.3) is 11.5 Å². The number of hydrogen-bond acceptors (Lipinski definition) is 7. The minimum atomic E-state index is -0.309. The molecular formula is C28H31N7O4S. The Morgan fingerprint density at radius 1 is 1.12 bits per heavy atom. The molecule has 5 heterocycles. The lowest BCUT2D eigenvalue weighted by Gasteiger charge is -2.46. The number of amides is 4. The Morgan fingerprint density at radius 3 is 2.67 bits per heavy atom. The molecule has 11 nitrogen and oxygen atoms in total. The number of pyridine rings is 2. The number of hydrogen-bond donors (Lipinski definition) is 4. The van der Waals surface area contributed by atoms with Crippen LogP contribution >= 0.6 is 11.8 Å². The van der Waals surface area contributed by atoms with Gasteiger partial charge in [-0.25, -0.2) is 9.78 Å². The minimum Gasteiger partial charge on any atom is -0.348 e. The monoisotopic (exact) mass is 561 g/mol. The number of aromatic nitrogens is 2. The molecule has 3 aliphatic heterocycles. The van der Waals surface area contributed by atoms with E-state index in [0.717, 1.165) is 19.3 Å². The molecule has 3 unspecified atom stereocenters. The number of aryl methyl sites for hydroxylation is 1. The van der Waals surface area contributed by atoms with E-state index in [0.29, 0.717) is 40.8 Å². The highest BCUT2D eigenvalue weighted by Gasteiger charge is 2.52. The van der Waals surface area contributed by atoms with Crippen molar-refractivity contribution in [2.45, 2.75) is 56.1 Å². The molecular weight excluding hydrogens is 530 g/mol. The Kier molecular flexibility index (Phi) is 6.97. The van der Waals surface area contributed by atoms with Crippen molar-refractivity contribution in [2.24, 2.45) is 5.92 Å². The fourth-order valence-corrected chi connectivity index (χ4v) is 7.63. The molecule has 5 atom stereocenters. The topological polar surface area (TPSA) is 137 Å². The second kappa shape index (κ2) is 10.6. The molecule has 0 aromatic carbocycles. The fraction of sp³-hybridized carbons (Fsp3) is 0.393. The van der Waals surface area contributed by atoms with Crippen LogP contribution < -0.4 is 31.7 Å². The third kappa shape index (κ3) is 4.60. The first-order valence-corrected chi connectivity index (χ1v) is 14.4. The molecule has 208 valence electrons. The molecule has 0 spiro atoms. The Bertz CT molecular complexity index is 1490. The van der Waals surface area contributed by atoms with Gasteiger partial charge in [0, 0.05) is 36.0 Å². The summed E-state index contributed by atoms with van der Waals surface area (Å²) in [6.45, 7) is 6.04. The van der Waals surface area contributed by atoms with Gasteiger partial charge in [-0.2, -0.15) is 0 Å². The highest BCUT2D eigenvalue weighted by Crippen LogP contribution is 2.48. The zero-order valence-corrected chi connectivity index (χ0v) is 22.9. The van der Waals surface area contributed by atoms with Crippen LogP contribution in [0, 0.1) is 12.8 Å². The maximum atomic E-state index is 13.6. The molecule has 3 fully saturated rings. The number of nitrogens with one attached hydrogen (secondary N) is 4. The number of thioether (sulfide) groups is 1. The summed E-state index contributed by atoms with van der Waals surface area (Å²) in [5, 5.41) is 12.5. The highest BCUT2D eigenvalue weighted by molar-refractivity contribution is 8.04. The van der Waals surface area contributed by atoms with Gasteiger partial charge in [-0.05, 0) is 63.4 Å². The molecule has 12 heteroatoms. The quantitative estimate of drug-likeness (QED) is 0.394. The van der Waals surface area contributed by atoms with Crippen molar-refractivity contribution < 1.29 is 14.4 Å². The van der Waals surface area contributed by atoms with Crippen molar-refractivity contribution in [3.05, 3.63) is 75.8 Å². The largest absolute Gasteiger partial charge is 0.348 e. The van der Waals surface area contributed by atoms with Crippen molar-refractivity contribution in [1.82, 2.24) is 30.8 Å². The van der Waals surface area contributed by atoms with Crippen molar-refractivity contribution in [3.8, 4) is 5.82 Å². The number of rotatable bonds is 6. The first-order valence-electron chi connectivity index (χ1n) is 13.5. The van der Waals surface area contributed by atoms with E-state index >= 15 is 0 Å². The molecule has 1 saturated carbocycles. The standard InChI is InChI=1S/C28H31N7O4S/c1-3-21(36)31-16-7-6-8-17(16)32-26(38)25-24-23-19(12-13-29-27(23)40-25)35(28(39)33-24)18-10-11-20(30-15(18)2)34-14-5-4-9-22(34)37/h3-5,9-11,14,16-17,19,23,27,29H,1,6-8,12-13H2,2H3,(H,31,36)(H,32,38)(H,33,39)/t16-,17+,19?,23?,27?/m0/s1. The molecule has 0 bridgehead atoms. The molecule has 2 saturated heterocycles. The molecule has 2 aromatic rings. The first-order chi connectivity index (χ1) is 19.4. The van der Waals surface area contributed by atoms with E-state index < -0.39 is 0 Å². The third-order valence-corrected chi connectivity index (χ3v) is 9.42. The summed E-state index contributed by atoms with van der Waals surface area (Å²) in [6.07, 6.45) is 6.07. The van der Waals surface area contributed by atoms with Gasteiger partial charge in [-0.3, -0.25) is 23.9 Å². The lowest BCUT2D eigenvalue weighted by Crippen LogP contribution is -2.62. The van der Waals surface area contributed by atoms with Crippen LogP contribution in [0.1, 0.15) is 31.4 Å². The molecule has 2 aromatic heterocycles. The Balaban J connectivity index is 1.26. The number of carbonyl (C=O) groups is 3. The van der Waals surface area contributed by atoms with Gasteiger partial charge < -0.3 is 21.3 Å². The van der Waals surface area contributed by atoms with Crippen LogP contribution in [-0.2, 0) is 9.59 Å². The second-order valence-corrected chi connectivity index (χ2v) is 11.6. The minimum absolute atomic E-state index is 0.0622. The fourth-order valence-electron chi connectivity index (χ4n) is 6.23. The van der Waals surface area contributed by atoms with Crippen LogP contribution in [0.3, 0.4) is 0 Å². The number of anilines is 1. The summed E-state index contributed by atoms with van der Waals surface area (Å²) in [4.78, 5) is 58.1. The maximum absolute atomic E-state index is 13.6. The van der Waals surface area contributed by atoms with Crippen LogP contribution in [-0.4, -0.2) is 57.4 Å². The van der Waals surface area contributed by atoms with Gasteiger partial charge in [0.2, 0.25) is 5.91 Å². The summed E-state index contributed by atoms with van der Waals surface area (Å²) in [7, 11) is 0. The highest BCUT2D eigenvalue weighted by atomic mass is 32.2. The zero-order chi connectivity index (χ0) is 28.0. The van der Waals surface area contributed by atoms with E-state index in [2.05, 4.69) is 32.8 Å². The molecule has 0 radical (unpaired) electrons. The number of carbonyl (C=O) groups excluding carboxylic acids is 3. The maximum Gasteiger partial charge on any atom is 0.326 e. The van der Waals surface area contributed by atoms with Crippen LogP contribution in [0.25, 0.3) is 5.82 Å². The molecule has 1 aliphatic carbocycles. The summed E-state index contributed by atoms with van der Waals surface area (Å²) in [5.41, 5.74) is 1.76. The van der Waals surface area contributed by atoms with Crippen LogP contribution in [0.5, 0.6) is 0 Å². The van der Waals surface area contributed by atoms with E-state index in [1.165, 1.54) is 28.5 Å². The second-order valence-electron chi connectivity index (χ2n) is 10.4. The summed E-state index contributed by atoms with van der Waals surface area (Å²) in [6, 6.07) is 7.68. The lowest BCUT2D eigenvalue weighted by atomic mass is 9.86. The van der Waals surface area contributed by atoms with E-state index in [1.807, 2.05) is 13.0 Å². The van der Waals surface area contributed by atoms with Crippen molar-refractivity contribution in [1.29, 1.82) is 0 Å². The van der Waals surface area contributed by atoms with Crippen LogP contribution in [0.4, 0.5) is 10.5 Å². The normalized spacial score (nSPS) is 27.2. The van der Waals surface area contributed by atoms with E-state index in [-0.39, 0.29) is 52.8 Å². The number of nitrogens with zero attached hydrogens (tertiary/aromatic N) is 3. The summed E-state index contributed by atoms with van der Waals surface area (Å²) in [5.74, 6) is -0.107. The van der Waals surface area contributed by atoms with E-state index in [4.69, 9.17) is 0 Å². The van der Waals surface area contributed by atoms with Gasteiger partial charge in [0.1, 0.15) is 5.82 Å². The molecule has 40 heavy (non-hydrogen) atoms.